The van der Waals surface area contributed by atoms with Crippen LogP contribution < -0.4 is 5.32 Å². The van der Waals surface area contributed by atoms with E-state index in [0.29, 0.717) is 25.7 Å². The number of rotatable bonds is 10. The molecule has 1 heterocycles. The minimum absolute atomic E-state index is 0.511. The van der Waals surface area contributed by atoms with Crippen LogP contribution in [0.2, 0.25) is 0 Å². The molecule has 0 aromatic carbocycles. The van der Waals surface area contributed by atoms with Gasteiger partial charge in [0.15, 0.2) is 0 Å². The molecule has 104 valence electrons. The van der Waals surface area contributed by atoms with E-state index in [1.807, 2.05) is 13.0 Å². The number of hydrogen-bond donors (Lipinski definition) is 1. The van der Waals surface area contributed by atoms with E-state index >= 15 is 0 Å². The van der Waals surface area contributed by atoms with Crippen LogP contribution in [0.4, 0.5) is 0 Å². The van der Waals surface area contributed by atoms with Crippen LogP contribution in [0.5, 0.6) is 0 Å². The normalized spacial score (nSPS) is 11.3. The number of ether oxygens (including phenoxy) is 2. The van der Waals surface area contributed by atoms with Gasteiger partial charge in [-0.05, 0) is 25.5 Å². The maximum Gasteiger partial charge on any atom is 0.129 e. The van der Waals surface area contributed by atoms with Crippen LogP contribution in [0.25, 0.3) is 0 Å². The van der Waals surface area contributed by atoms with Gasteiger partial charge in [0.1, 0.15) is 12.4 Å². The predicted molar refractivity (Wildman–Crippen MR) is 71.4 cm³/mol. The molecule has 0 atom stereocenters. The molecule has 1 rings (SSSR count). The van der Waals surface area contributed by atoms with E-state index < -0.39 is 0 Å². The maximum absolute atomic E-state index is 5.44. The Morgan fingerprint density at radius 2 is 2.06 bits per heavy atom. The second kappa shape index (κ2) is 9.14. The third-order valence-electron chi connectivity index (χ3n) is 2.41. The first kappa shape index (κ1) is 15.2. The zero-order chi connectivity index (χ0) is 13.2. The highest BCUT2D eigenvalue weighted by molar-refractivity contribution is 5.11. The summed E-state index contributed by atoms with van der Waals surface area (Å²) in [5.74, 6) is 1.53. The van der Waals surface area contributed by atoms with Crippen LogP contribution >= 0.6 is 0 Å². The largest absolute Gasteiger partial charge is 0.467 e. The Morgan fingerprint density at radius 3 is 2.78 bits per heavy atom. The van der Waals surface area contributed by atoms with Gasteiger partial charge in [0.2, 0.25) is 0 Å². The molecule has 4 heteroatoms. The van der Waals surface area contributed by atoms with Crippen LogP contribution in [0.3, 0.4) is 0 Å². The highest BCUT2D eigenvalue weighted by Crippen LogP contribution is 2.09. The SMILES string of the molecule is CCOCCOCc1cc(CNCC(C)C)co1. The molecule has 4 nitrogen and oxygen atoms in total. The molecule has 0 amide bonds. The fraction of sp³-hybridized carbons (Fsp3) is 0.714. The second-order valence-corrected chi connectivity index (χ2v) is 4.70. The molecule has 0 aliphatic rings. The van der Waals surface area contributed by atoms with E-state index in [-0.39, 0.29) is 0 Å². The molecule has 0 saturated carbocycles. The average molecular weight is 255 g/mol. The topological polar surface area (TPSA) is 43.6 Å². The lowest BCUT2D eigenvalue weighted by atomic mass is 10.2. The van der Waals surface area contributed by atoms with Gasteiger partial charge in [0.05, 0.1) is 19.5 Å². The Bertz CT molecular complexity index is 310. The lowest BCUT2D eigenvalue weighted by molar-refractivity contribution is 0.0390. The van der Waals surface area contributed by atoms with E-state index in [0.717, 1.165) is 25.5 Å². The van der Waals surface area contributed by atoms with Crippen LogP contribution in [-0.2, 0) is 22.6 Å². The maximum atomic E-state index is 5.44. The summed E-state index contributed by atoms with van der Waals surface area (Å²) in [6.45, 7) is 10.7. The quantitative estimate of drug-likeness (QED) is 0.653. The Labute approximate surface area is 110 Å². The van der Waals surface area contributed by atoms with E-state index in [9.17, 15) is 0 Å². The van der Waals surface area contributed by atoms with Crippen molar-refractivity contribution in [3.8, 4) is 0 Å². The molecule has 0 saturated heterocycles. The predicted octanol–water partition coefficient (Wildman–Crippen LogP) is 2.58. The number of furan rings is 1. The Balaban J connectivity index is 2.13. The Hall–Kier alpha value is -0.840. The first-order chi connectivity index (χ1) is 8.72. The molecule has 0 aliphatic heterocycles. The van der Waals surface area contributed by atoms with E-state index in [1.165, 1.54) is 5.56 Å². The van der Waals surface area contributed by atoms with Gasteiger partial charge in [-0.25, -0.2) is 0 Å². The summed E-state index contributed by atoms with van der Waals surface area (Å²) in [6.07, 6.45) is 1.79. The highest BCUT2D eigenvalue weighted by atomic mass is 16.5. The average Bonchev–Trinajstić information content (AvgIpc) is 2.76. The van der Waals surface area contributed by atoms with Crippen molar-refractivity contribution < 1.29 is 13.9 Å². The first-order valence-electron chi connectivity index (χ1n) is 6.64. The molecular formula is C14H25NO3. The van der Waals surface area contributed by atoms with Gasteiger partial charge in [0.25, 0.3) is 0 Å². The summed E-state index contributed by atoms with van der Waals surface area (Å²) < 4.78 is 16.0. The molecule has 1 N–H and O–H groups in total. The van der Waals surface area contributed by atoms with Crippen molar-refractivity contribution in [1.29, 1.82) is 0 Å². The third kappa shape index (κ3) is 6.79. The summed E-state index contributed by atoms with van der Waals surface area (Å²) in [5, 5.41) is 3.38. The van der Waals surface area contributed by atoms with Crippen LogP contribution in [0, 0.1) is 5.92 Å². The molecule has 0 bridgehead atoms. The smallest absolute Gasteiger partial charge is 0.129 e. The van der Waals surface area contributed by atoms with Gasteiger partial charge >= 0.3 is 0 Å². The van der Waals surface area contributed by atoms with E-state index in [2.05, 4.69) is 19.2 Å². The van der Waals surface area contributed by atoms with Crippen molar-refractivity contribution in [2.75, 3.05) is 26.4 Å². The van der Waals surface area contributed by atoms with Gasteiger partial charge in [-0.3, -0.25) is 0 Å². The molecule has 0 fully saturated rings. The molecule has 0 spiro atoms. The first-order valence-corrected chi connectivity index (χ1v) is 6.64. The Morgan fingerprint density at radius 1 is 1.28 bits per heavy atom. The molecule has 0 unspecified atom stereocenters. The molecule has 1 aromatic heterocycles. The summed E-state index contributed by atoms with van der Waals surface area (Å²) in [6, 6.07) is 2.04. The standard InChI is InChI=1S/C14H25NO3/c1-4-16-5-6-17-11-14-7-13(10-18-14)9-15-8-12(2)3/h7,10,12,15H,4-6,8-9,11H2,1-3H3. The van der Waals surface area contributed by atoms with E-state index in [4.69, 9.17) is 13.9 Å². The van der Waals surface area contributed by atoms with Crippen molar-refractivity contribution >= 4 is 0 Å². The van der Waals surface area contributed by atoms with Crippen molar-refractivity contribution in [3.05, 3.63) is 23.7 Å². The summed E-state index contributed by atoms with van der Waals surface area (Å²) in [7, 11) is 0. The zero-order valence-electron chi connectivity index (χ0n) is 11.7. The summed E-state index contributed by atoms with van der Waals surface area (Å²) in [4.78, 5) is 0. The van der Waals surface area contributed by atoms with Crippen LogP contribution in [0.1, 0.15) is 32.1 Å². The lowest BCUT2D eigenvalue weighted by Gasteiger charge is -2.04. The fourth-order valence-electron chi connectivity index (χ4n) is 1.53. The third-order valence-corrected chi connectivity index (χ3v) is 2.41. The number of nitrogens with one attached hydrogen (secondary N) is 1. The van der Waals surface area contributed by atoms with E-state index in [1.54, 1.807) is 6.26 Å². The fourth-order valence-corrected chi connectivity index (χ4v) is 1.53. The van der Waals surface area contributed by atoms with Crippen molar-refractivity contribution in [2.24, 2.45) is 5.92 Å². The van der Waals surface area contributed by atoms with Crippen LogP contribution in [0.15, 0.2) is 16.7 Å². The van der Waals surface area contributed by atoms with Crippen molar-refractivity contribution in [3.63, 3.8) is 0 Å². The summed E-state index contributed by atoms with van der Waals surface area (Å²) >= 11 is 0. The molecule has 18 heavy (non-hydrogen) atoms. The minimum Gasteiger partial charge on any atom is -0.467 e. The van der Waals surface area contributed by atoms with Gasteiger partial charge in [-0.2, -0.15) is 0 Å². The second-order valence-electron chi connectivity index (χ2n) is 4.70. The van der Waals surface area contributed by atoms with Gasteiger partial charge in [-0.15, -0.1) is 0 Å². The number of hydrogen-bond acceptors (Lipinski definition) is 4. The summed E-state index contributed by atoms with van der Waals surface area (Å²) in [5.41, 5.74) is 1.17. The molecule has 0 radical (unpaired) electrons. The lowest BCUT2D eigenvalue weighted by Crippen LogP contribution is -2.18. The van der Waals surface area contributed by atoms with Gasteiger partial charge in [0, 0.05) is 18.7 Å². The van der Waals surface area contributed by atoms with Crippen molar-refractivity contribution in [1.82, 2.24) is 5.32 Å². The minimum atomic E-state index is 0.511. The monoisotopic (exact) mass is 255 g/mol. The molecule has 1 aromatic rings. The molecule has 0 aliphatic carbocycles. The zero-order valence-corrected chi connectivity index (χ0v) is 11.7. The van der Waals surface area contributed by atoms with Gasteiger partial charge < -0.3 is 19.2 Å². The van der Waals surface area contributed by atoms with Crippen molar-refractivity contribution in [2.45, 2.75) is 33.9 Å². The highest BCUT2D eigenvalue weighted by Gasteiger charge is 2.02. The Kier molecular flexibility index (Phi) is 7.73. The van der Waals surface area contributed by atoms with Gasteiger partial charge in [-0.1, -0.05) is 13.8 Å². The molecular weight excluding hydrogens is 230 g/mol. The van der Waals surface area contributed by atoms with Crippen LogP contribution in [-0.4, -0.2) is 26.4 Å².